The highest BCUT2D eigenvalue weighted by Crippen LogP contribution is 2.25. The fourth-order valence-corrected chi connectivity index (χ4v) is 3.69. The topological polar surface area (TPSA) is 114 Å². The first-order valence-electron chi connectivity index (χ1n) is 9.53. The number of benzene rings is 2. The molecule has 168 valence electrons. The molecular weight excluding hydrogens is 425 g/mol. The van der Waals surface area contributed by atoms with E-state index in [1.54, 1.807) is 34.6 Å². The van der Waals surface area contributed by atoms with Crippen LogP contribution in [-0.4, -0.2) is 32.6 Å². The summed E-state index contributed by atoms with van der Waals surface area (Å²) in [6.07, 6.45) is -0.774. The summed E-state index contributed by atoms with van der Waals surface area (Å²) >= 11 is 0. The standard InChI is InChI=1S/C21H26FN3O5S/c1-6-23-31(28,29)15-9-7-13(2)16(12-15)19(26)24-18-11-14(22)8-10-17(18)25-20(27)30-21(3,4)5/h7-12,23H,6H2,1-5H3,(H,24,26)(H,25,27). The van der Waals surface area contributed by atoms with Crippen LogP contribution in [0.15, 0.2) is 41.3 Å². The minimum absolute atomic E-state index is 0.00444. The molecule has 2 amide bonds. The van der Waals surface area contributed by atoms with Gasteiger partial charge in [0, 0.05) is 12.1 Å². The molecule has 0 aliphatic rings. The average Bonchev–Trinajstić information content (AvgIpc) is 2.62. The fourth-order valence-electron chi connectivity index (χ4n) is 2.62. The number of rotatable bonds is 6. The summed E-state index contributed by atoms with van der Waals surface area (Å²) < 4.78 is 45.9. The lowest BCUT2D eigenvalue weighted by Crippen LogP contribution is -2.27. The zero-order valence-corrected chi connectivity index (χ0v) is 18.8. The second-order valence-corrected chi connectivity index (χ2v) is 9.52. The molecule has 0 saturated carbocycles. The molecule has 0 atom stereocenters. The van der Waals surface area contributed by atoms with Crippen molar-refractivity contribution in [1.82, 2.24) is 4.72 Å². The Morgan fingerprint density at radius 2 is 1.71 bits per heavy atom. The smallest absolute Gasteiger partial charge is 0.412 e. The van der Waals surface area contributed by atoms with Crippen LogP contribution < -0.4 is 15.4 Å². The quantitative estimate of drug-likeness (QED) is 0.614. The predicted octanol–water partition coefficient (Wildman–Crippen LogP) is 4.03. The Morgan fingerprint density at radius 3 is 2.32 bits per heavy atom. The van der Waals surface area contributed by atoms with E-state index in [0.29, 0.717) is 5.56 Å². The number of sulfonamides is 1. The molecule has 0 unspecified atom stereocenters. The summed E-state index contributed by atoms with van der Waals surface area (Å²) in [7, 11) is -3.77. The third-order valence-corrected chi connectivity index (χ3v) is 5.51. The van der Waals surface area contributed by atoms with Gasteiger partial charge in [0.25, 0.3) is 5.91 Å². The van der Waals surface area contributed by atoms with E-state index in [2.05, 4.69) is 15.4 Å². The van der Waals surface area contributed by atoms with Crippen LogP contribution in [0.25, 0.3) is 0 Å². The van der Waals surface area contributed by atoms with Crippen LogP contribution in [0.1, 0.15) is 43.6 Å². The van der Waals surface area contributed by atoms with Crippen LogP contribution in [0.2, 0.25) is 0 Å². The highest BCUT2D eigenvalue weighted by Gasteiger charge is 2.20. The Kier molecular flexibility index (Phi) is 7.40. The molecule has 3 N–H and O–H groups in total. The van der Waals surface area contributed by atoms with Gasteiger partial charge in [0.2, 0.25) is 10.0 Å². The van der Waals surface area contributed by atoms with Crippen LogP contribution in [0, 0.1) is 12.7 Å². The highest BCUT2D eigenvalue weighted by molar-refractivity contribution is 7.89. The van der Waals surface area contributed by atoms with Crippen molar-refractivity contribution in [2.24, 2.45) is 0 Å². The van der Waals surface area contributed by atoms with Crippen molar-refractivity contribution in [3.8, 4) is 0 Å². The van der Waals surface area contributed by atoms with Gasteiger partial charge >= 0.3 is 6.09 Å². The Balaban J connectivity index is 2.34. The molecule has 0 heterocycles. The number of hydrogen-bond acceptors (Lipinski definition) is 5. The molecule has 0 bridgehead atoms. The molecule has 2 aromatic rings. The average molecular weight is 452 g/mol. The fraction of sp³-hybridized carbons (Fsp3) is 0.333. The maximum absolute atomic E-state index is 13.8. The van der Waals surface area contributed by atoms with Gasteiger partial charge in [-0.1, -0.05) is 13.0 Å². The van der Waals surface area contributed by atoms with Gasteiger partial charge < -0.3 is 10.1 Å². The highest BCUT2D eigenvalue weighted by atomic mass is 32.2. The first-order valence-corrected chi connectivity index (χ1v) is 11.0. The van der Waals surface area contributed by atoms with Crippen molar-refractivity contribution < 1.29 is 27.1 Å². The number of halogens is 1. The molecule has 0 saturated heterocycles. The molecule has 8 nitrogen and oxygen atoms in total. The summed E-state index contributed by atoms with van der Waals surface area (Å²) in [5.74, 6) is -1.30. The number of anilines is 2. The zero-order chi connectivity index (χ0) is 23.4. The van der Waals surface area contributed by atoms with E-state index >= 15 is 0 Å². The molecular formula is C21H26FN3O5S. The zero-order valence-electron chi connectivity index (χ0n) is 18.0. The Bertz CT molecular complexity index is 1090. The molecule has 0 aliphatic carbocycles. The lowest BCUT2D eigenvalue weighted by molar-refractivity contribution is 0.0635. The van der Waals surface area contributed by atoms with E-state index in [-0.39, 0.29) is 28.4 Å². The molecule has 10 heteroatoms. The van der Waals surface area contributed by atoms with E-state index in [0.717, 1.165) is 12.1 Å². The molecule has 2 aromatic carbocycles. The van der Waals surface area contributed by atoms with E-state index < -0.39 is 33.4 Å². The van der Waals surface area contributed by atoms with Gasteiger partial charge in [-0.15, -0.1) is 0 Å². The largest absolute Gasteiger partial charge is 0.444 e. The minimum atomic E-state index is -3.77. The normalized spacial score (nSPS) is 11.7. The summed E-state index contributed by atoms with van der Waals surface area (Å²) in [6.45, 7) is 8.55. The Labute approximate surface area is 181 Å². The van der Waals surface area contributed by atoms with Gasteiger partial charge in [0.05, 0.1) is 16.3 Å². The van der Waals surface area contributed by atoms with Crippen LogP contribution in [0.4, 0.5) is 20.6 Å². The van der Waals surface area contributed by atoms with Crippen molar-refractivity contribution in [2.75, 3.05) is 17.2 Å². The molecule has 31 heavy (non-hydrogen) atoms. The molecule has 0 fully saturated rings. The van der Waals surface area contributed by atoms with E-state index in [9.17, 15) is 22.4 Å². The first kappa shape index (κ1) is 24.3. The number of aryl methyl sites for hydroxylation is 1. The van der Waals surface area contributed by atoms with Crippen LogP contribution in [0.5, 0.6) is 0 Å². The number of hydrogen-bond donors (Lipinski definition) is 3. The third-order valence-electron chi connectivity index (χ3n) is 3.96. The molecule has 0 aromatic heterocycles. The maximum Gasteiger partial charge on any atom is 0.412 e. The van der Waals surface area contributed by atoms with Gasteiger partial charge in [0.1, 0.15) is 11.4 Å². The molecule has 0 spiro atoms. The SMILES string of the molecule is CCNS(=O)(=O)c1ccc(C)c(C(=O)Nc2cc(F)ccc2NC(=O)OC(C)(C)C)c1. The summed E-state index contributed by atoms with van der Waals surface area (Å²) in [5, 5.41) is 4.99. The maximum atomic E-state index is 13.8. The van der Waals surface area contributed by atoms with Crippen LogP contribution in [-0.2, 0) is 14.8 Å². The molecule has 2 rings (SSSR count). The van der Waals surface area contributed by atoms with Gasteiger partial charge in [-0.3, -0.25) is 10.1 Å². The van der Waals surface area contributed by atoms with E-state index in [1.807, 2.05) is 0 Å². The Morgan fingerprint density at radius 1 is 1.03 bits per heavy atom. The van der Waals surface area contributed by atoms with Gasteiger partial charge in [-0.05, 0) is 63.6 Å². The monoisotopic (exact) mass is 451 g/mol. The summed E-state index contributed by atoms with van der Waals surface area (Å²) in [4.78, 5) is 24.9. The van der Waals surface area contributed by atoms with Gasteiger partial charge in [-0.25, -0.2) is 22.3 Å². The minimum Gasteiger partial charge on any atom is -0.444 e. The van der Waals surface area contributed by atoms with E-state index in [1.165, 1.54) is 24.3 Å². The van der Waals surface area contributed by atoms with Crippen molar-refractivity contribution in [3.05, 3.63) is 53.3 Å². The second-order valence-electron chi connectivity index (χ2n) is 7.75. The number of ether oxygens (including phenoxy) is 1. The Hall–Kier alpha value is -2.98. The lowest BCUT2D eigenvalue weighted by Gasteiger charge is -2.20. The van der Waals surface area contributed by atoms with Crippen LogP contribution >= 0.6 is 0 Å². The lowest BCUT2D eigenvalue weighted by atomic mass is 10.1. The predicted molar refractivity (Wildman–Crippen MR) is 116 cm³/mol. The molecule has 0 aliphatic heterocycles. The van der Waals surface area contributed by atoms with Gasteiger partial charge in [0.15, 0.2) is 0 Å². The van der Waals surface area contributed by atoms with Crippen molar-refractivity contribution in [1.29, 1.82) is 0 Å². The van der Waals surface area contributed by atoms with Gasteiger partial charge in [-0.2, -0.15) is 0 Å². The number of nitrogens with one attached hydrogen (secondary N) is 3. The van der Waals surface area contributed by atoms with Crippen molar-refractivity contribution >= 4 is 33.4 Å². The number of carbonyl (C=O) groups excluding carboxylic acids is 2. The summed E-state index contributed by atoms with van der Waals surface area (Å²) in [5.41, 5.74) is -0.0194. The number of carbonyl (C=O) groups is 2. The summed E-state index contributed by atoms with van der Waals surface area (Å²) in [6, 6.07) is 7.58. The van der Waals surface area contributed by atoms with Crippen LogP contribution in [0.3, 0.4) is 0 Å². The molecule has 0 radical (unpaired) electrons. The third kappa shape index (κ3) is 6.76. The van der Waals surface area contributed by atoms with E-state index in [4.69, 9.17) is 4.74 Å². The second kappa shape index (κ2) is 9.44. The number of amides is 2. The van der Waals surface area contributed by atoms with Crippen molar-refractivity contribution in [3.63, 3.8) is 0 Å². The van der Waals surface area contributed by atoms with Crippen molar-refractivity contribution in [2.45, 2.75) is 45.1 Å². The first-order chi connectivity index (χ1) is 14.3.